The number of aldehydes is 1. The summed E-state index contributed by atoms with van der Waals surface area (Å²) in [5.74, 6) is 0.670. The Morgan fingerprint density at radius 2 is 2.08 bits per heavy atom. The van der Waals surface area contributed by atoms with Gasteiger partial charge in [0.15, 0.2) is 11.9 Å². The van der Waals surface area contributed by atoms with E-state index in [0.29, 0.717) is 36.4 Å². The first-order valence-electron chi connectivity index (χ1n) is 8.51. The summed E-state index contributed by atoms with van der Waals surface area (Å²) in [4.78, 5) is 29.1. The Hall–Kier alpha value is -2.35. The molecule has 2 aromatic heterocycles. The van der Waals surface area contributed by atoms with E-state index in [1.165, 1.54) is 6.20 Å². The fourth-order valence-corrected chi connectivity index (χ4v) is 3.06. The molecule has 8 nitrogen and oxygen atoms in total. The number of carbonyl (C=O) groups is 2. The molecule has 26 heavy (non-hydrogen) atoms. The molecule has 0 unspecified atom stereocenters. The van der Waals surface area contributed by atoms with E-state index >= 15 is 0 Å². The van der Waals surface area contributed by atoms with E-state index in [-0.39, 0.29) is 17.3 Å². The molecule has 0 bridgehead atoms. The van der Waals surface area contributed by atoms with Crippen molar-refractivity contribution in [2.45, 2.75) is 45.3 Å². The largest absolute Gasteiger partial charge is 0.444 e. The summed E-state index contributed by atoms with van der Waals surface area (Å²) in [5.41, 5.74) is 0.304. The minimum absolute atomic E-state index is 0.152. The number of nitrogens with one attached hydrogen (secondary N) is 1. The van der Waals surface area contributed by atoms with Gasteiger partial charge in [-0.2, -0.15) is 9.61 Å². The van der Waals surface area contributed by atoms with Gasteiger partial charge >= 0.3 is 6.09 Å². The summed E-state index contributed by atoms with van der Waals surface area (Å²) in [6, 6.07) is 1.83. The lowest BCUT2D eigenvalue weighted by molar-refractivity contribution is 0.0210. The zero-order valence-corrected chi connectivity index (χ0v) is 15.8. The summed E-state index contributed by atoms with van der Waals surface area (Å²) in [7, 11) is 0. The number of aromatic nitrogens is 3. The highest BCUT2D eigenvalue weighted by molar-refractivity contribution is 6.29. The standard InChI is InChI=1S/C17H22ClN5O3/c1-17(2,3)26-16(25)22-6-4-12(5-7-22)20-14-8-13(18)21-15-11(10-24)9-19-23(14)15/h8-10,12,20H,4-7H2,1-3H3. The maximum Gasteiger partial charge on any atom is 0.410 e. The van der Waals surface area contributed by atoms with Gasteiger partial charge in [-0.1, -0.05) is 11.6 Å². The molecule has 140 valence electrons. The quantitative estimate of drug-likeness (QED) is 0.651. The number of nitrogens with zero attached hydrogens (tertiary/aromatic N) is 4. The molecular weight excluding hydrogens is 358 g/mol. The van der Waals surface area contributed by atoms with Crippen molar-refractivity contribution in [2.75, 3.05) is 18.4 Å². The fraction of sp³-hybridized carbons (Fsp3) is 0.529. The molecule has 1 aliphatic rings. The molecule has 1 amide bonds. The molecular formula is C17H22ClN5O3. The van der Waals surface area contributed by atoms with Crippen LogP contribution in [0.15, 0.2) is 12.3 Å². The summed E-state index contributed by atoms with van der Waals surface area (Å²) >= 11 is 6.08. The Bertz CT molecular complexity index is 822. The van der Waals surface area contributed by atoms with Crippen molar-refractivity contribution in [3.05, 3.63) is 23.0 Å². The Kier molecular flexibility index (Phi) is 5.04. The van der Waals surface area contributed by atoms with Crippen LogP contribution in [0.5, 0.6) is 0 Å². The summed E-state index contributed by atoms with van der Waals surface area (Å²) in [5, 5.41) is 7.87. The highest BCUT2D eigenvalue weighted by Gasteiger charge is 2.27. The van der Waals surface area contributed by atoms with Crippen molar-refractivity contribution in [3.8, 4) is 0 Å². The number of hydrogen-bond donors (Lipinski definition) is 1. The van der Waals surface area contributed by atoms with Crippen molar-refractivity contribution in [2.24, 2.45) is 0 Å². The lowest BCUT2D eigenvalue weighted by Gasteiger charge is -2.34. The topological polar surface area (TPSA) is 88.8 Å². The Balaban J connectivity index is 1.67. The fourth-order valence-electron chi connectivity index (χ4n) is 2.88. The van der Waals surface area contributed by atoms with Crippen molar-refractivity contribution in [1.29, 1.82) is 0 Å². The third-order valence-electron chi connectivity index (χ3n) is 4.09. The number of likely N-dealkylation sites (tertiary alicyclic amines) is 1. The maximum absolute atomic E-state index is 12.1. The Morgan fingerprint density at radius 3 is 2.69 bits per heavy atom. The second kappa shape index (κ2) is 7.11. The molecule has 0 atom stereocenters. The summed E-state index contributed by atoms with van der Waals surface area (Å²) in [6.07, 6.45) is 3.41. The molecule has 9 heteroatoms. The van der Waals surface area contributed by atoms with Crippen LogP contribution in [-0.2, 0) is 4.74 Å². The van der Waals surface area contributed by atoms with Gasteiger partial charge in [-0.05, 0) is 33.6 Å². The predicted octanol–water partition coefficient (Wildman–Crippen LogP) is 3.01. The number of amides is 1. The number of fused-ring (bicyclic) bond motifs is 1. The molecule has 1 N–H and O–H groups in total. The number of anilines is 1. The maximum atomic E-state index is 12.1. The number of piperidine rings is 1. The number of hydrogen-bond acceptors (Lipinski definition) is 6. The summed E-state index contributed by atoms with van der Waals surface area (Å²) < 4.78 is 6.98. The molecule has 1 saturated heterocycles. The van der Waals surface area contributed by atoms with Crippen molar-refractivity contribution in [1.82, 2.24) is 19.5 Å². The second-order valence-corrected chi connectivity index (χ2v) is 7.69. The first kappa shape index (κ1) is 18.4. The molecule has 0 aliphatic carbocycles. The highest BCUT2D eigenvalue weighted by atomic mass is 35.5. The van der Waals surface area contributed by atoms with Crippen molar-refractivity contribution >= 4 is 35.4 Å². The van der Waals surface area contributed by atoms with Crippen LogP contribution >= 0.6 is 11.6 Å². The average molecular weight is 380 g/mol. The van der Waals surface area contributed by atoms with E-state index in [1.807, 2.05) is 20.8 Å². The molecule has 0 spiro atoms. The van der Waals surface area contributed by atoms with Crippen LogP contribution in [0.25, 0.3) is 5.65 Å². The lowest BCUT2D eigenvalue weighted by atomic mass is 10.1. The van der Waals surface area contributed by atoms with Gasteiger partial charge in [0.2, 0.25) is 0 Å². The first-order chi connectivity index (χ1) is 12.3. The SMILES string of the molecule is CC(C)(C)OC(=O)N1CCC(Nc2cc(Cl)nc3c(C=O)cnn23)CC1. The van der Waals surface area contributed by atoms with Crippen LogP contribution < -0.4 is 5.32 Å². The van der Waals surface area contributed by atoms with Crippen LogP contribution in [0.1, 0.15) is 44.0 Å². The first-order valence-corrected chi connectivity index (χ1v) is 8.88. The van der Waals surface area contributed by atoms with Gasteiger partial charge < -0.3 is 15.0 Å². The molecule has 1 fully saturated rings. The highest BCUT2D eigenvalue weighted by Crippen LogP contribution is 2.22. The van der Waals surface area contributed by atoms with Gasteiger partial charge in [0.05, 0.1) is 11.8 Å². The van der Waals surface area contributed by atoms with Gasteiger partial charge in [-0.15, -0.1) is 0 Å². The van der Waals surface area contributed by atoms with Gasteiger partial charge in [0.1, 0.15) is 16.6 Å². The average Bonchev–Trinajstić information content (AvgIpc) is 2.97. The smallest absolute Gasteiger partial charge is 0.410 e. The molecule has 3 heterocycles. The zero-order valence-electron chi connectivity index (χ0n) is 15.0. The molecule has 2 aromatic rings. The number of carbonyl (C=O) groups excluding carboxylic acids is 2. The minimum atomic E-state index is -0.498. The van der Waals surface area contributed by atoms with Crippen molar-refractivity contribution < 1.29 is 14.3 Å². The molecule has 0 saturated carbocycles. The molecule has 0 radical (unpaired) electrons. The second-order valence-electron chi connectivity index (χ2n) is 7.30. The summed E-state index contributed by atoms with van der Waals surface area (Å²) in [6.45, 7) is 6.78. The van der Waals surface area contributed by atoms with E-state index < -0.39 is 5.60 Å². The van der Waals surface area contributed by atoms with Gasteiger partial charge in [-0.3, -0.25) is 4.79 Å². The van der Waals surface area contributed by atoms with Crippen LogP contribution in [-0.4, -0.2) is 56.6 Å². The van der Waals surface area contributed by atoms with Crippen LogP contribution in [0.2, 0.25) is 5.15 Å². The third kappa shape index (κ3) is 4.07. The van der Waals surface area contributed by atoms with Gasteiger partial charge in [0.25, 0.3) is 0 Å². The number of halogens is 1. The van der Waals surface area contributed by atoms with Crippen LogP contribution in [0, 0.1) is 0 Å². The Labute approximate surface area is 156 Å². The van der Waals surface area contributed by atoms with Crippen molar-refractivity contribution in [3.63, 3.8) is 0 Å². The zero-order chi connectivity index (χ0) is 18.9. The van der Waals surface area contributed by atoms with Gasteiger partial charge in [-0.25, -0.2) is 9.78 Å². The molecule has 1 aliphatic heterocycles. The minimum Gasteiger partial charge on any atom is -0.444 e. The lowest BCUT2D eigenvalue weighted by Crippen LogP contribution is -2.44. The van der Waals surface area contributed by atoms with Crippen LogP contribution in [0.3, 0.4) is 0 Å². The van der Waals surface area contributed by atoms with E-state index in [2.05, 4.69) is 15.4 Å². The van der Waals surface area contributed by atoms with Crippen LogP contribution in [0.4, 0.5) is 10.6 Å². The molecule has 3 rings (SSSR count). The Morgan fingerprint density at radius 1 is 1.38 bits per heavy atom. The van der Waals surface area contributed by atoms with E-state index in [9.17, 15) is 9.59 Å². The van der Waals surface area contributed by atoms with E-state index in [0.717, 1.165) is 12.8 Å². The number of rotatable bonds is 3. The predicted molar refractivity (Wildman–Crippen MR) is 97.8 cm³/mol. The molecule has 0 aromatic carbocycles. The van der Waals surface area contributed by atoms with E-state index in [4.69, 9.17) is 16.3 Å². The van der Waals surface area contributed by atoms with E-state index in [1.54, 1.807) is 15.5 Å². The normalized spacial score (nSPS) is 15.9. The monoisotopic (exact) mass is 379 g/mol. The van der Waals surface area contributed by atoms with Gasteiger partial charge in [0, 0.05) is 25.2 Å². The number of ether oxygens (including phenoxy) is 1. The third-order valence-corrected chi connectivity index (χ3v) is 4.29.